The number of aryl methyl sites for hydroxylation is 4. The average Bonchev–Trinajstić information content (AvgIpc) is 3.24. The lowest BCUT2D eigenvalue weighted by atomic mass is 10.1. The minimum atomic E-state index is -3.88. The Morgan fingerprint density at radius 3 is 2.44 bits per heavy atom. The molecule has 1 aromatic carbocycles. The van der Waals surface area contributed by atoms with Crippen molar-refractivity contribution >= 4 is 15.8 Å². The van der Waals surface area contributed by atoms with Crippen molar-refractivity contribution in [3.8, 4) is 0 Å². The molecule has 1 aliphatic rings. The molecular weight excluding hydrogens is 366 g/mol. The van der Waals surface area contributed by atoms with E-state index in [-0.39, 0.29) is 24.3 Å². The third-order valence-corrected chi connectivity index (χ3v) is 8.08. The highest BCUT2D eigenvalue weighted by Crippen LogP contribution is 2.42. The number of nitrogens with zero attached hydrogens (tertiary/aromatic N) is 1. The van der Waals surface area contributed by atoms with Crippen molar-refractivity contribution in [2.24, 2.45) is 0 Å². The third-order valence-electron chi connectivity index (χ3n) is 5.46. The predicted molar refractivity (Wildman–Crippen MR) is 100 cm³/mol. The molecule has 1 saturated carbocycles. The Balaban J connectivity index is 1.95. The van der Waals surface area contributed by atoms with Crippen LogP contribution in [0.4, 0.5) is 0 Å². The average molecular weight is 391 g/mol. The molecule has 3 rings (SSSR count). The molecule has 0 N–H and O–H groups in total. The largest absolute Gasteiger partial charge is 0.459 e. The van der Waals surface area contributed by atoms with Crippen LogP contribution in [-0.2, 0) is 26.0 Å². The summed E-state index contributed by atoms with van der Waals surface area (Å²) in [4.78, 5) is 13.3. The van der Waals surface area contributed by atoms with Crippen LogP contribution < -0.4 is 0 Å². The SMILES string of the molecule is Cc1ccc(C)c(S(=O)(=O)C2(C(=O)OCc3c(C)noc3C)CCCC2)c1. The molecule has 0 radical (unpaired) electrons. The van der Waals surface area contributed by atoms with Crippen LogP contribution in [0.25, 0.3) is 0 Å². The molecule has 7 heteroatoms. The molecule has 1 aliphatic carbocycles. The van der Waals surface area contributed by atoms with Crippen molar-refractivity contribution < 1.29 is 22.5 Å². The van der Waals surface area contributed by atoms with E-state index in [1.54, 1.807) is 32.9 Å². The Kier molecular flexibility index (Phi) is 5.16. The van der Waals surface area contributed by atoms with Gasteiger partial charge in [-0.3, -0.25) is 4.79 Å². The second kappa shape index (κ2) is 7.11. The monoisotopic (exact) mass is 391 g/mol. The van der Waals surface area contributed by atoms with E-state index >= 15 is 0 Å². The topological polar surface area (TPSA) is 86.5 Å². The van der Waals surface area contributed by atoms with E-state index in [1.165, 1.54) is 0 Å². The number of benzene rings is 1. The number of ether oxygens (including phenoxy) is 1. The van der Waals surface area contributed by atoms with E-state index < -0.39 is 20.6 Å². The maximum atomic E-state index is 13.5. The van der Waals surface area contributed by atoms with Gasteiger partial charge in [-0.2, -0.15) is 0 Å². The van der Waals surface area contributed by atoms with Gasteiger partial charge in [0.05, 0.1) is 16.2 Å². The zero-order valence-corrected chi connectivity index (χ0v) is 17.0. The van der Waals surface area contributed by atoms with Crippen LogP contribution in [0.3, 0.4) is 0 Å². The molecule has 146 valence electrons. The number of aromatic nitrogens is 1. The van der Waals surface area contributed by atoms with Gasteiger partial charge in [0.25, 0.3) is 0 Å². The van der Waals surface area contributed by atoms with Crippen LogP contribution in [0.15, 0.2) is 27.6 Å². The lowest BCUT2D eigenvalue weighted by molar-refractivity contribution is -0.148. The standard InChI is InChI=1S/C20H25NO5S/c1-13-7-8-14(2)18(11-13)27(23,24)20(9-5-6-10-20)19(22)25-12-17-15(3)21-26-16(17)4/h7-8,11H,5-6,9-10,12H2,1-4H3. The highest BCUT2D eigenvalue weighted by molar-refractivity contribution is 7.93. The van der Waals surface area contributed by atoms with E-state index in [4.69, 9.17) is 9.26 Å². The number of carbonyl (C=O) groups is 1. The van der Waals surface area contributed by atoms with Crippen LogP contribution in [0.2, 0.25) is 0 Å². The van der Waals surface area contributed by atoms with E-state index in [1.807, 2.05) is 13.0 Å². The molecule has 6 nitrogen and oxygen atoms in total. The molecule has 1 fully saturated rings. The van der Waals surface area contributed by atoms with Crippen molar-refractivity contribution in [2.45, 2.75) is 69.6 Å². The first kappa shape index (κ1) is 19.6. The molecule has 0 atom stereocenters. The number of hydrogen-bond donors (Lipinski definition) is 0. The zero-order valence-electron chi connectivity index (χ0n) is 16.2. The summed E-state index contributed by atoms with van der Waals surface area (Å²) in [6, 6.07) is 5.29. The molecule has 2 aromatic rings. The Labute approximate surface area is 159 Å². The van der Waals surface area contributed by atoms with Crippen molar-refractivity contribution in [2.75, 3.05) is 0 Å². The molecule has 0 amide bonds. The van der Waals surface area contributed by atoms with Crippen molar-refractivity contribution in [1.29, 1.82) is 0 Å². The first-order valence-electron chi connectivity index (χ1n) is 9.10. The highest BCUT2D eigenvalue weighted by atomic mass is 32.2. The fourth-order valence-corrected chi connectivity index (χ4v) is 6.07. The molecule has 0 unspecified atom stereocenters. The zero-order chi connectivity index (χ0) is 19.8. The highest BCUT2D eigenvalue weighted by Gasteiger charge is 2.54. The summed E-state index contributed by atoms with van der Waals surface area (Å²) < 4.78 is 36.1. The van der Waals surface area contributed by atoms with Gasteiger partial charge in [0, 0.05) is 0 Å². The van der Waals surface area contributed by atoms with Gasteiger partial charge in [-0.05, 0) is 57.7 Å². The van der Waals surface area contributed by atoms with Gasteiger partial charge in [-0.15, -0.1) is 0 Å². The minimum Gasteiger partial charge on any atom is -0.459 e. The molecule has 0 spiro atoms. The first-order chi connectivity index (χ1) is 12.7. The van der Waals surface area contributed by atoms with Gasteiger partial charge < -0.3 is 9.26 Å². The smallest absolute Gasteiger partial charge is 0.328 e. The van der Waals surface area contributed by atoms with Gasteiger partial charge in [0.15, 0.2) is 14.6 Å². The molecule has 0 saturated heterocycles. The summed E-state index contributed by atoms with van der Waals surface area (Å²) in [7, 11) is -3.88. The van der Waals surface area contributed by atoms with Gasteiger partial charge in [0.2, 0.25) is 0 Å². The van der Waals surface area contributed by atoms with Crippen LogP contribution >= 0.6 is 0 Å². The molecule has 27 heavy (non-hydrogen) atoms. The van der Waals surface area contributed by atoms with Crippen LogP contribution in [0.1, 0.15) is 53.8 Å². The fourth-order valence-electron chi connectivity index (χ4n) is 3.71. The lowest BCUT2D eigenvalue weighted by Gasteiger charge is -2.27. The van der Waals surface area contributed by atoms with Crippen LogP contribution in [0, 0.1) is 27.7 Å². The normalized spacial score (nSPS) is 16.4. The summed E-state index contributed by atoms with van der Waals surface area (Å²) in [5.74, 6) is -0.112. The first-order valence-corrected chi connectivity index (χ1v) is 10.6. The molecule has 1 heterocycles. The van der Waals surface area contributed by atoms with Crippen LogP contribution in [-0.4, -0.2) is 24.3 Å². The second-order valence-corrected chi connectivity index (χ2v) is 9.58. The van der Waals surface area contributed by atoms with E-state index in [9.17, 15) is 13.2 Å². The Bertz CT molecular complexity index is 949. The summed E-state index contributed by atoms with van der Waals surface area (Å²) >= 11 is 0. The van der Waals surface area contributed by atoms with Gasteiger partial charge in [-0.25, -0.2) is 8.42 Å². The van der Waals surface area contributed by atoms with Gasteiger partial charge >= 0.3 is 5.97 Å². The predicted octanol–water partition coefficient (Wildman–Crippen LogP) is 3.74. The summed E-state index contributed by atoms with van der Waals surface area (Å²) in [5, 5.41) is 3.84. The van der Waals surface area contributed by atoms with Crippen molar-refractivity contribution in [3.63, 3.8) is 0 Å². The van der Waals surface area contributed by atoms with Crippen molar-refractivity contribution in [1.82, 2.24) is 5.16 Å². The summed E-state index contributed by atoms with van der Waals surface area (Å²) in [6.45, 7) is 7.06. The van der Waals surface area contributed by atoms with E-state index in [0.29, 0.717) is 35.4 Å². The number of carbonyl (C=O) groups excluding carboxylic acids is 1. The number of hydrogen-bond acceptors (Lipinski definition) is 6. The second-order valence-electron chi connectivity index (χ2n) is 7.35. The molecule has 1 aromatic heterocycles. The third kappa shape index (κ3) is 3.29. The van der Waals surface area contributed by atoms with Gasteiger partial charge in [-0.1, -0.05) is 30.1 Å². The maximum Gasteiger partial charge on any atom is 0.328 e. The molecular formula is C20H25NO5S. The Morgan fingerprint density at radius 2 is 1.85 bits per heavy atom. The van der Waals surface area contributed by atoms with Gasteiger partial charge in [0.1, 0.15) is 12.4 Å². The Hall–Kier alpha value is -2.15. The van der Waals surface area contributed by atoms with E-state index in [2.05, 4.69) is 5.16 Å². The van der Waals surface area contributed by atoms with Crippen molar-refractivity contribution in [3.05, 3.63) is 46.3 Å². The summed E-state index contributed by atoms with van der Waals surface area (Å²) in [5.41, 5.74) is 2.81. The lowest BCUT2D eigenvalue weighted by Crippen LogP contribution is -2.45. The maximum absolute atomic E-state index is 13.5. The van der Waals surface area contributed by atoms with E-state index in [0.717, 1.165) is 5.56 Å². The summed E-state index contributed by atoms with van der Waals surface area (Å²) in [6.07, 6.45) is 1.93. The molecule has 0 bridgehead atoms. The Morgan fingerprint density at radius 1 is 1.19 bits per heavy atom. The minimum absolute atomic E-state index is 0.0376. The molecule has 0 aliphatic heterocycles. The fraction of sp³-hybridized carbons (Fsp3) is 0.500. The quantitative estimate of drug-likeness (QED) is 0.722. The number of esters is 1. The number of rotatable bonds is 5. The van der Waals surface area contributed by atoms with Crippen LogP contribution in [0.5, 0.6) is 0 Å². The number of sulfone groups is 1.